The van der Waals surface area contributed by atoms with Crippen LogP contribution in [0.25, 0.3) is 0 Å². The summed E-state index contributed by atoms with van der Waals surface area (Å²) in [6.45, 7) is 4.05. The van der Waals surface area contributed by atoms with Gasteiger partial charge in [0.1, 0.15) is 0 Å². The topological polar surface area (TPSA) is 21.3 Å². The van der Waals surface area contributed by atoms with Gasteiger partial charge in [-0.1, -0.05) is 6.07 Å². The van der Waals surface area contributed by atoms with Gasteiger partial charge in [-0.3, -0.25) is 0 Å². The zero-order valence-electron chi connectivity index (χ0n) is 9.48. The van der Waals surface area contributed by atoms with Gasteiger partial charge >= 0.3 is 0 Å². The second kappa shape index (κ2) is 7.33. The molecule has 1 aliphatic rings. The summed E-state index contributed by atoms with van der Waals surface area (Å²) in [5.74, 6) is 1.22. The van der Waals surface area contributed by atoms with E-state index in [0.29, 0.717) is 0 Å². The van der Waals surface area contributed by atoms with Crippen molar-refractivity contribution in [2.45, 2.75) is 24.6 Å². The van der Waals surface area contributed by atoms with Gasteiger partial charge in [-0.2, -0.15) is 11.8 Å². The van der Waals surface area contributed by atoms with Crippen LogP contribution >= 0.6 is 23.1 Å². The maximum absolute atomic E-state index is 5.35. The zero-order chi connectivity index (χ0) is 11.1. The fourth-order valence-corrected chi connectivity index (χ4v) is 3.56. The molecular weight excluding hydrogens is 238 g/mol. The standard InChI is InChI=1S/C12H19NOS2/c1-2-12(15-8-1)10-13-5-9-16-11-3-6-14-7-4-11/h1-2,8,11,13H,3-7,9-10H2. The summed E-state index contributed by atoms with van der Waals surface area (Å²) in [6.07, 6.45) is 2.46. The SMILES string of the molecule is c1csc(CNCCSC2CCOCC2)c1. The largest absolute Gasteiger partial charge is 0.381 e. The molecule has 1 N–H and O–H groups in total. The van der Waals surface area contributed by atoms with Gasteiger partial charge in [0.15, 0.2) is 0 Å². The molecule has 16 heavy (non-hydrogen) atoms. The highest BCUT2D eigenvalue weighted by Crippen LogP contribution is 2.21. The van der Waals surface area contributed by atoms with E-state index >= 15 is 0 Å². The average molecular weight is 257 g/mol. The molecule has 1 aromatic rings. The van der Waals surface area contributed by atoms with E-state index in [4.69, 9.17) is 4.74 Å². The Morgan fingerprint density at radius 1 is 1.44 bits per heavy atom. The molecule has 0 aromatic carbocycles. The van der Waals surface area contributed by atoms with Gasteiger partial charge in [0.05, 0.1) is 0 Å². The van der Waals surface area contributed by atoms with Crippen LogP contribution in [0, 0.1) is 0 Å². The molecule has 0 saturated carbocycles. The monoisotopic (exact) mass is 257 g/mol. The molecule has 1 fully saturated rings. The average Bonchev–Trinajstić information content (AvgIpc) is 2.83. The molecule has 0 spiro atoms. The predicted molar refractivity (Wildman–Crippen MR) is 72.3 cm³/mol. The molecule has 1 aromatic heterocycles. The molecule has 1 saturated heterocycles. The first kappa shape index (κ1) is 12.4. The summed E-state index contributed by atoms with van der Waals surface area (Å²) in [4.78, 5) is 1.43. The van der Waals surface area contributed by atoms with Gasteiger partial charge in [-0.05, 0) is 24.3 Å². The molecule has 0 amide bonds. The van der Waals surface area contributed by atoms with Gasteiger partial charge < -0.3 is 10.1 Å². The van der Waals surface area contributed by atoms with Crippen molar-refractivity contribution in [1.29, 1.82) is 0 Å². The maximum atomic E-state index is 5.35. The van der Waals surface area contributed by atoms with Crippen LogP contribution in [-0.4, -0.2) is 30.8 Å². The number of hydrogen-bond acceptors (Lipinski definition) is 4. The number of rotatable bonds is 6. The highest BCUT2D eigenvalue weighted by atomic mass is 32.2. The van der Waals surface area contributed by atoms with E-state index in [9.17, 15) is 0 Å². The van der Waals surface area contributed by atoms with Gasteiger partial charge in [-0.15, -0.1) is 11.3 Å². The zero-order valence-corrected chi connectivity index (χ0v) is 11.1. The van der Waals surface area contributed by atoms with Crippen LogP contribution in [0.4, 0.5) is 0 Å². The maximum Gasteiger partial charge on any atom is 0.0476 e. The summed E-state index contributed by atoms with van der Waals surface area (Å²) in [5.41, 5.74) is 0. The lowest BCUT2D eigenvalue weighted by Gasteiger charge is -2.21. The molecule has 4 heteroatoms. The highest BCUT2D eigenvalue weighted by molar-refractivity contribution is 7.99. The lowest BCUT2D eigenvalue weighted by Crippen LogP contribution is -2.21. The molecular formula is C12H19NOS2. The lowest BCUT2D eigenvalue weighted by atomic mass is 10.2. The molecule has 0 radical (unpaired) electrons. The van der Waals surface area contributed by atoms with Crippen molar-refractivity contribution in [3.63, 3.8) is 0 Å². The summed E-state index contributed by atoms with van der Waals surface area (Å²) in [5, 5.41) is 6.45. The van der Waals surface area contributed by atoms with Crippen LogP contribution < -0.4 is 5.32 Å². The van der Waals surface area contributed by atoms with E-state index < -0.39 is 0 Å². The highest BCUT2D eigenvalue weighted by Gasteiger charge is 2.13. The first-order chi connectivity index (χ1) is 7.95. The molecule has 0 aliphatic carbocycles. The summed E-state index contributed by atoms with van der Waals surface area (Å²) in [6, 6.07) is 4.29. The summed E-state index contributed by atoms with van der Waals surface area (Å²) < 4.78 is 5.35. The minimum absolute atomic E-state index is 0.831. The molecule has 0 unspecified atom stereocenters. The number of ether oxygens (including phenoxy) is 1. The fourth-order valence-electron chi connectivity index (χ4n) is 1.77. The molecule has 0 bridgehead atoms. The van der Waals surface area contributed by atoms with Crippen molar-refractivity contribution in [3.05, 3.63) is 22.4 Å². The molecule has 2 nitrogen and oxygen atoms in total. The van der Waals surface area contributed by atoms with Crippen molar-refractivity contribution < 1.29 is 4.74 Å². The Labute approximate surface area is 106 Å². The van der Waals surface area contributed by atoms with Crippen molar-refractivity contribution in [2.24, 2.45) is 0 Å². The Morgan fingerprint density at radius 3 is 3.06 bits per heavy atom. The van der Waals surface area contributed by atoms with E-state index in [1.165, 1.54) is 23.5 Å². The van der Waals surface area contributed by atoms with Gasteiger partial charge in [0, 0.05) is 42.2 Å². The van der Waals surface area contributed by atoms with E-state index in [2.05, 4.69) is 34.6 Å². The first-order valence-corrected chi connectivity index (χ1v) is 7.80. The quantitative estimate of drug-likeness (QED) is 0.792. The minimum Gasteiger partial charge on any atom is -0.381 e. The Balaban J connectivity index is 1.48. The third-order valence-electron chi connectivity index (χ3n) is 2.68. The molecule has 0 atom stereocenters. The summed E-state index contributed by atoms with van der Waals surface area (Å²) >= 11 is 3.92. The number of thiophene rings is 1. The second-order valence-electron chi connectivity index (χ2n) is 3.94. The van der Waals surface area contributed by atoms with Crippen LogP contribution in [0.2, 0.25) is 0 Å². The number of hydrogen-bond donors (Lipinski definition) is 1. The Hall–Kier alpha value is -0.0300. The molecule has 1 aliphatic heterocycles. The molecule has 90 valence electrons. The van der Waals surface area contributed by atoms with Gasteiger partial charge in [0.25, 0.3) is 0 Å². The summed E-state index contributed by atoms with van der Waals surface area (Å²) in [7, 11) is 0. The van der Waals surface area contributed by atoms with Crippen LogP contribution in [0.3, 0.4) is 0 Å². The van der Waals surface area contributed by atoms with Crippen molar-refractivity contribution in [1.82, 2.24) is 5.32 Å². The van der Waals surface area contributed by atoms with E-state index in [-0.39, 0.29) is 0 Å². The van der Waals surface area contributed by atoms with Crippen molar-refractivity contribution in [3.8, 4) is 0 Å². The second-order valence-corrected chi connectivity index (χ2v) is 6.38. The Kier molecular flexibility index (Phi) is 5.69. The normalized spacial score (nSPS) is 17.8. The van der Waals surface area contributed by atoms with E-state index in [1.54, 1.807) is 0 Å². The van der Waals surface area contributed by atoms with Crippen molar-refractivity contribution in [2.75, 3.05) is 25.5 Å². The predicted octanol–water partition coefficient (Wildman–Crippen LogP) is 2.75. The fraction of sp³-hybridized carbons (Fsp3) is 0.667. The minimum atomic E-state index is 0.831. The lowest BCUT2D eigenvalue weighted by molar-refractivity contribution is 0.100. The van der Waals surface area contributed by atoms with Crippen LogP contribution in [0.5, 0.6) is 0 Å². The smallest absolute Gasteiger partial charge is 0.0476 e. The van der Waals surface area contributed by atoms with Crippen LogP contribution in [0.15, 0.2) is 17.5 Å². The van der Waals surface area contributed by atoms with Crippen molar-refractivity contribution >= 4 is 23.1 Å². The number of thioether (sulfide) groups is 1. The molecule has 2 heterocycles. The first-order valence-electron chi connectivity index (χ1n) is 5.87. The van der Waals surface area contributed by atoms with Crippen LogP contribution in [-0.2, 0) is 11.3 Å². The number of nitrogens with one attached hydrogen (secondary N) is 1. The van der Waals surface area contributed by atoms with E-state index in [0.717, 1.165) is 31.6 Å². The third-order valence-corrected chi connectivity index (χ3v) is 4.94. The third kappa shape index (κ3) is 4.45. The van der Waals surface area contributed by atoms with Crippen LogP contribution in [0.1, 0.15) is 17.7 Å². The van der Waals surface area contributed by atoms with E-state index in [1.807, 2.05) is 11.3 Å². The molecule has 2 rings (SSSR count). The Bertz CT molecular complexity index is 271. The van der Waals surface area contributed by atoms with Gasteiger partial charge in [0.2, 0.25) is 0 Å². The Morgan fingerprint density at radius 2 is 2.31 bits per heavy atom. The van der Waals surface area contributed by atoms with Gasteiger partial charge in [-0.25, -0.2) is 0 Å².